The molecule has 5 amide bonds. The molecule has 5 N–H and O–H groups in total. The molecule has 0 atom stereocenters. The molecule has 25 nitrogen and oxygen atoms in total. The minimum atomic E-state index is -0.582. The van der Waals surface area contributed by atoms with Gasteiger partial charge in [-0.25, -0.2) is 0 Å². The molecule has 0 saturated heterocycles. The molecule has 405 valence electrons. The Morgan fingerprint density at radius 2 is 0.427 bits per heavy atom. The van der Waals surface area contributed by atoms with Gasteiger partial charge in [-0.3, -0.25) is 98.1 Å². The van der Waals surface area contributed by atoms with Crippen molar-refractivity contribution in [1.82, 2.24) is 0 Å². The van der Waals surface area contributed by atoms with Gasteiger partial charge in [0.15, 0.2) is 0 Å². The van der Waals surface area contributed by atoms with Gasteiger partial charge in [-0.1, -0.05) is 63.1 Å². The minimum Gasteiger partial charge on any atom is -0.321 e. The predicted molar refractivity (Wildman–Crippen MR) is 279 cm³/mol. The molecular formula is C40H40F5N10O15S5. The average Bonchev–Trinajstić information content (AvgIpc) is 3.24. The molecule has 0 heterocycles. The van der Waals surface area contributed by atoms with E-state index in [0.29, 0.717) is 24.5 Å². The maximum atomic E-state index is 10.7. The molecule has 0 aliphatic heterocycles. The van der Waals surface area contributed by atoms with Crippen LogP contribution < -0.4 is 26.6 Å². The van der Waals surface area contributed by atoms with Crippen molar-refractivity contribution in [3.63, 3.8) is 0 Å². The highest BCUT2D eigenvalue weighted by atomic mass is 32.1. The molecule has 5 radical (unpaired) electrons. The van der Waals surface area contributed by atoms with E-state index in [-0.39, 0.29) is 110 Å². The Bertz CT molecular complexity index is 2430. The number of hydrogen-bond donors (Lipinski definition) is 5. The molecular weight excluding hydrogens is 1120 g/mol. The number of amides is 5. The number of hydrogen-bond acceptors (Lipinski definition) is 15. The summed E-state index contributed by atoms with van der Waals surface area (Å²) in [6, 6.07) is 20.9. The lowest BCUT2D eigenvalue weighted by Crippen LogP contribution is -2.07. The topological polar surface area (TPSA) is 361 Å². The third-order valence-electron chi connectivity index (χ3n) is 7.38. The Hall–Kier alpha value is -8.80. The number of nitro groups is 5. The van der Waals surface area contributed by atoms with Crippen LogP contribution in [0, 0.1) is 50.6 Å². The fourth-order valence-electron chi connectivity index (χ4n) is 4.79. The summed E-state index contributed by atoms with van der Waals surface area (Å²) in [4.78, 5) is 105. The van der Waals surface area contributed by atoms with Gasteiger partial charge in [0.1, 0.15) is 28.4 Å². The van der Waals surface area contributed by atoms with E-state index in [1.165, 1.54) is 126 Å². The Labute approximate surface area is 447 Å². The minimum absolute atomic E-state index is 0. The number of rotatable bonds is 10. The summed E-state index contributed by atoms with van der Waals surface area (Å²) in [5.74, 6) is -1.78. The van der Waals surface area contributed by atoms with Crippen LogP contribution in [-0.2, 0) is 24.0 Å². The van der Waals surface area contributed by atoms with Gasteiger partial charge < -0.3 is 26.6 Å². The van der Waals surface area contributed by atoms with Crippen molar-refractivity contribution in [2.24, 2.45) is 0 Å². The van der Waals surface area contributed by atoms with Crippen molar-refractivity contribution in [3.8, 4) is 0 Å². The SMILES string of the molecule is CC(=O)Nc1ccc([S])cc1[N+](=O)[O-].CC(=O)Nc1ccc([S])cc1[N+](=O)[O-].CC(=O)Nc1ccc([S])cc1[N+](=O)[O-].CC(=O)Nc1ccc([S])cc1[N+](=O)[O-].CC(=O)Nc1ccc([S])cc1[N+](=O)[O-].F.F.F.F.F. The lowest BCUT2D eigenvalue weighted by molar-refractivity contribution is -0.384. The highest BCUT2D eigenvalue weighted by Crippen LogP contribution is 2.30. The normalized spacial score (nSPS) is 8.87. The summed E-state index contributed by atoms with van der Waals surface area (Å²) in [5.41, 5.74) is -0.121. The Morgan fingerprint density at radius 3 is 0.520 bits per heavy atom. The van der Waals surface area contributed by atoms with E-state index in [2.05, 4.69) is 26.6 Å². The van der Waals surface area contributed by atoms with Crippen LogP contribution in [0.3, 0.4) is 0 Å². The number of carbonyl (C=O) groups is 5. The first-order valence-electron chi connectivity index (χ1n) is 18.7. The predicted octanol–water partition coefficient (Wildman–Crippen LogP) is 11.3. The maximum absolute atomic E-state index is 10.7. The summed E-state index contributed by atoms with van der Waals surface area (Å²) in [6.07, 6.45) is 0. The molecule has 0 aliphatic carbocycles. The zero-order valence-corrected chi connectivity index (χ0v) is 42.7. The van der Waals surface area contributed by atoms with Crippen molar-refractivity contribution in [1.29, 1.82) is 0 Å². The van der Waals surface area contributed by atoms with Gasteiger partial charge in [0.25, 0.3) is 28.4 Å². The van der Waals surface area contributed by atoms with Gasteiger partial charge >= 0.3 is 0 Å². The number of benzene rings is 5. The van der Waals surface area contributed by atoms with Crippen LogP contribution in [0.1, 0.15) is 34.6 Å². The smallest absolute Gasteiger partial charge is 0.294 e. The van der Waals surface area contributed by atoms with Crippen molar-refractivity contribution in [2.45, 2.75) is 59.1 Å². The van der Waals surface area contributed by atoms with Crippen molar-refractivity contribution < 1.29 is 72.1 Å². The van der Waals surface area contributed by atoms with Gasteiger partial charge in [-0.15, -0.1) is 0 Å². The molecule has 0 bridgehead atoms. The first-order chi connectivity index (χ1) is 32.5. The highest BCUT2D eigenvalue weighted by Gasteiger charge is 2.18. The Kier molecular flexibility index (Phi) is 36.2. The zero-order chi connectivity index (χ0) is 53.6. The van der Waals surface area contributed by atoms with Crippen molar-refractivity contribution >= 4 is 150 Å². The fourth-order valence-corrected chi connectivity index (χ4v) is 5.69. The quantitative estimate of drug-likeness (QED) is 0.0493. The second-order valence-corrected chi connectivity index (χ2v) is 15.4. The fraction of sp³-hybridized carbons (Fsp3) is 0.125. The molecule has 75 heavy (non-hydrogen) atoms. The summed E-state index contributed by atoms with van der Waals surface area (Å²) < 4.78 is 0. The first-order valence-corrected chi connectivity index (χ1v) is 20.7. The third-order valence-corrected chi connectivity index (χ3v) is 8.65. The molecule has 0 unspecified atom stereocenters. The number of anilines is 5. The summed E-state index contributed by atoms with van der Waals surface area (Å²) in [5, 5.41) is 64.6. The van der Waals surface area contributed by atoms with Gasteiger partial charge in [0, 0.05) is 89.4 Å². The van der Waals surface area contributed by atoms with Gasteiger partial charge in [-0.2, -0.15) is 0 Å². The zero-order valence-electron chi connectivity index (χ0n) is 38.6. The van der Waals surface area contributed by atoms with E-state index >= 15 is 0 Å². The highest BCUT2D eigenvalue weighted by molar-refractivity contribution is 7.81. The van der Waals surface area contributed by atoms with Crippen LogP contribution in [-0.4, -0.2) is 54.2 Å². The van der Waals surface area contributed by atoms with Crippen molar-refractivity contribution in [3.05, 3.63) is 142 Å². The lowest BCUT2D eigenvalue weighted by Gasteiger charge is -2.02. The number of nitrogens with one attached hydrogen (secondary N) is 5. The average molecular weight is 1160 g/mol. The van der Waals surface area contributed by atoms with Crippen LogP contribution in [0.15, 0.2) is 115 Å². The van der Waals surface area contributed by atoms with Crippen LogP contribution in [0.4, 0.5) is 80.4 Å². The Balaban J connectivity index is -0.000000268. The maximum Gasteiger partial charge on any atom is 0.294 e. The van der Waals surface area contributed by atoms with E-state index in [4.69, 9.17) is 63.1 Å². The van der Waals surface area contributed by atoms with E-state index in [9.17, 15) is 74.5 Å². The third kappa shape index (κ3) is 28.1. The van der Waals surface area contributed by atoms with Crippen LogP contribution in [0.2, 0.25) is 0 Å². The lowest BCUT2D eigenvalue weighted by atomic mass is 10.2. The summed E-state index contributed by atoms with van der Waals surface area (Å²) in [7, 11) is 0. The number of nitro benzene ring substituents is 5. The Morgan fingerprint density at radius 1 is 0.307 bits per heavy atom. The van der Waals surface area contributed by atoms with Gasteiger partial charge in [0.2, 0.25) is 29.5 Å². The van der Waals surface area contributed by atoms with E-state index in [1.54, 1.807) is 0 Å². The summed E-state index contributed by atoms with van der Waals surface area (Å²) in [6.45, 7) is 6.42. The van der Waals surface area contributed by atoms with Crippen LogP contribution in [0.25, 0.3) is 0 Å². The number of halogens is 5. The summed E-state index contributed by atoms with van der Waals surface area (Å²) >= 11 is 23.9. The number of carbonyl (C=O) groups excluding carboxylic acids is 5. The molecule has 0 aromatic heterocycles. The van der Waals surface area contributed by atoms with E-state index in [1.807, 2.05) is 0 Å². The molecule has 0 saturated carbocycles. The molecule has 5 aromatic carbocycles. The van der Waals surface area contributed by atoms with E-state index < -0.39 is 24.6 Å². The molecule has 5 aromatic rings. The molecule has 0 spiro atoms. The first kappa shape index (κ1) is 75.1. The number of nitrogens with zero attached hydrogens (tertiary/aromatic N) is 5. The monoisotopic (exact) mass is 1160 g/mol. The standard InChI is InChI=1S/5C8H7N2O3S.5FH/c5*1-5(11)9-7-3-2-6(14)4-8(7)10(12)13;;;;;/h5*2-4H,1H3,(H,9,11);5*1H. The van der Waals surface area contributed by atoms with Crippen molar-refractivity contribution in [2.75, 3.05) is 26.6 Å². The van der Waals surface area contributed by atoms with Gasteiger partial charge in [-0.05, 0) is 60.7 Å². The molecule has 0 fully saturated rings. The molecule has 0 aliphatic rings. The van der Waals surface area contributed by atoms with E-state index in [0.717, 1.165) is 0 Å². The molecule has 35 heteroatoms. The largest absolute Gasteiger partial charge is 0.321 e. The van der Waals surface area contributed by atoms with Gasteiger partial charge in [0.05, 0.1) is 24.6 Å². The van der Waals surface area contributed by atoms with Crippen LogP contribution in [0.5, 0.6) is 0 Å². The molecule has 5 rings (SSSR count). The second-order valence-electron chi connectivity index (χ2n) is 13.1. The second kappa shape index (κ2) is 36.2. The van der Waals surface area contributed by atoms with Crippen LogP contribution >= 0.6 is 63.1 Å².